The molecule has 0 N–H and O–H groups in total. The second kappa shape index (κ2) is 9.02. The van der Waals surface area contributed by atoms with Crippen molar-refractivity contribution < 1.29 is 18.7 Å². The fourth-order valence-corrected chi connectivity index (χ4v) is 4.07. The molecule has 0 atom stereocenters. The molecular formula is C20H20ClN3O4S. The first kappa shape index (κ1) is 20.0. The number of halogens is 1. The number of hydrogen-bond acceptors (Lipinski definition) is 7. The summed E-state index contributed by atoms with van der Waals surface area (Å²) in [5.41, 5.74) is 1.50. The van der Waals surface area contributed by atoms with Crippen LogP contribution in [0.15, 0.2) is 51.1 Å². The minimum Gasteiger partial charge on any atom is -0.468 e. The monoisotopic (exact) mass is 433 g/mol. The highest BCUT2D eigenvalue weighted by Gasteiger charge is 2.25. The molecule has 0 saturated carbocycles. The lowest BCUT2D eigenvalue weighted by atomic mass is 10.0. The van der Waals surface area contributed by atoms with Crippen LogP contribution in [0.4, 0.5) is 0 Å². The quantitative estimate of drug-likeness (QED) is 0.532. The van der Waals surface area contributed by atoms with E-state index >= 15 is 0 Å². The number of oxazole rings is 1. The summed E-state index contributed by atoms with van der Waals surface area (Å²) in [6.07, 6.45) is 5.22. The largest absolute Gasteiger partial charge is 0.468 e. The van der Waals surface area contributed by atoms with Gasteiger partial charge in [-0.05, 0) is 48.9 Å². The molecule has 1 saturated heterocycles. The maximum atomic E-state index is 11.5. The van der Waals surface area contributed by atoms with E-state index in [9.17, 15) is 4.79 Å². The SMILES string of the molecule is COC(=O)Cn1cc(-c2nc(C3CCOCC3)oc2Sc2ccc(Cl)cc2)cn1. The zero-order valence-corrected chi connectivity index (χ0v) is 17.4. The summed E-state index contributed by atoms with van der Waals surface area (Å²) in [6.45, 7) is 1.46. The summed E-state index contributed by atoms with van der Waals surface area (Å²) in [5, 5.41) is 5.62. The summed E-state index contributed by atoms with van der Waals surface area (Å²) in [7, 11) is 1.35. The van der Waals surface area contributed by atoms with Gasteiger partial charge in [-0.15, -0.1) is 0 Å². The van der Waals surface area contributed by atoms with E-state index in [-0.39, 0.29) is 18.4 Å². The number of methoxy groups -OCH3 is 1. The molecule has 7 nitrogen and oxygen atoms in total. The molecule has 4 rings (SSSR count). The maximum absolute atomic E-state index is 11.5. The molecule has 0 unspecified atom stereocenters. The number of ether oxygens (including phenoxy) is 2. The van der Waals surface area contributed by atoms with Gasteiger partial charge in [0.05, 0.1) is 13.3 Å². The molecule has 3 heterocycles. The number of hydrogen-bond donors (Lipinski definition) is 0. The first-order valence-corrected chi connectivity index (χ1v) is 10.4. The molecule has 1 aliphatic heterocycles. The van der Waals surface area contributed by atoms with Crippen molar-refractivity contribution in [3.05, 3.63) is 47.6 Å². The summed E-state index contributed by atoms with van der Waals surface area (Å²) in [5.74, 6) is 0.575. The van der Waals surface area contributed by atoms with Crippen LogP contribution < -0.4 is 0 Å². The highest BCUT2D eigenvalue weighted by atomic mass is 35.5. The van der Waals surface area contributed by atoms with E-state index < -0.39 is 0 Å². The summed E-state index contributed by atoms with van der Waals surface area (Å²) >= 11 is 7.48. The molecule has 0 aliphatic carbocycles. The van der Waals surface area contributed by atoms with E-state index in [1.54, 1.807) is 12.4 Å². The Morgan fingerprint density at radius 3 is 2.79 bits per heavy atom. The van der Waals surface area contributed by atoms with Gasteiger partial charge in [-0.1, -0.05) is 11.6 Å². The number of nitrogens with zero attached hydrogens (tertiary/aromatic N) is 3. The molecule has 0 amide bonds. The molecule has 1 fully saturated rings. The molecule has 0 bridgehead atoms. The van der Waals surface area contributed by atoms with E-state index in [4.69, 9.17) is 30.5 Å². The standard InChI is InChI=1S/C20H20ClN3O4S/c1-26-17(25)12-24-11-14(10-22-24)18-20(29-16-4-2-15(21)3-5-16)28-19(23-18)13-6-8-27-9-7-13/h2-5,10-11,13H,6-9,12H2,1H3. The molecule has 29 heavy (non-hydrogen) atoms. The van der Waals surface area contributed by atoms with Crippen LogP contribution in [-0.2, 0) is 20.8 Å². The van der Waals surface area contributed by atoms with E-state index in [0.29, 0.717) is 34.9 Å². The Labute approximate surface area is 177 Å². The molecule has 0 radical (unpaired) electrons. The smallest absolute Gasteiger partial charge is 0.327 e. The first-order valence-electron chi connectivity index (χ1n) is 9.24. The Bertz CT molecular complexity index is 980. The van der Waals surface area contributed by atoms with Crippen LogP contribution in [0.1, 0.15) is 24.7 Å². The third-order valence-corrected chi connectivity index (χ3v) is 5.85. The van der Waals surface area contributed by atoms with Gasteiger partial charge in [0.25, 0.3) is 0 Å². The van der Waals surface area contributed by atoms with Crippen molar-refractivity contribution in [2.75, 3.05) is 20.3 Å². The van der Waals surface area contributed by atoms with Crippen molar-refractivity contribution in [1.29, 1.82) is 0 Å². The molecule has 1 aliphatic rings. The Balaban J connectivity index is 1.65. The summed E-state index contributed by atoms with van der Waals surface area (Å²) < 4.78 is 17.9. The Kier molecular flexibility index (Phi) is 6.22. The van der Waals surface area contributed by atoms with Crippen LogP contribution >= 0.6 is 23.4 Å². The maximum Gasteiger partial charge on any atom is 0.327 e. The number of rotatable bonds is 6. The highest BCUT2D eigenvalue weighted by Crippen LogP contribution is 2.39. The van der Waals surface area contributed by atoms with Crippen molar-refractivity contribution in [1.82, 2.24) is 14.8 Å². The lowest BCUT2D eigenvalue weighted by Gasteiger charge is -2.18. The van der Waals surface area contributed by atoms with Crippen LogP contribution in [0.25, 0.3) is 11.3 Å². The predicted molar refractivity (Wildman–Crippen MR) is 108 cm³/mol. The molecule has 152 valence electrons. The topological polar surface area (TPSA) is 79.4 Å². The van der Waals surface area contributed by atoms with Crippen molar-refractivity contribution in [2.45, 2.75) is 35.3 Å². The van der Waals surface area contributed by atoms with E-state index in [1.807, 2.05) is 24.3 Å². The van der Waals surface area contributed by atoms with Gasteiger partial charge in [0.1, 0.15) is 12.2 Å². The average Bonchev–Trinajstić information content (AvgIpc) is 3.37. The summed E-state index contributed by atoms with van der Waals surface area (Å²) in [4.78, 5) is 17.3. The van der Waals surface area contributed by atoms with E-state index in [2.05, 4.69) is 5.10 Å². The first-order chi connectivity index (χ1) is 14.1. The Hall–Kier alpha value is -2.29. The van der Waals surface area contributed by atoms with Gasteiger partial charge in [-0.2, -0.15) is 5.10 Å². The number of esters is 1. The lowest BCUT2D eigenvalue weighted by Crippen LogP contribution is -2.14. The minimum absolute atomic E-state index is 0.0425. The number of benzene rings is 1. The van der Waals surface area contributed by atoms with Crippen molar-refractivity contribution >= 4 is 29.3 Å². The zero-order valence-electron chi connectivity index (χ0n) is 15.8. The predicted octanol–water partition coefficient (Wildman–Crippen LogP) is 4.41. The van der Waals surface area contributed by atoms with Gasteiger partial charge in [-0.3, -0.25) is 9.48 Å². The molecule has 3 aromatic rings. The second-order valence-electron chi connectivity index (χ2n) is 6.63. The molecule has 1 aromatic carbocycles. The lowest BCUT2D eigenvalue weighted by molar-refractivity contribution is -0.141. The Morgan fingerprint density at radius 1 is 1.31 bits per heavy atom. The minimum atomic E-state index is -0.363. The third kappa shape index (κ3) is 4.83. The van der Waals surface area contributed by atoms with Crippen LogP contribution in [0, 0.1) is 0 Å². The fraction of sp³-hybridized carbons (Fsp3) is 0.350. The van der Waals surface area contributed by atoms with Gasteiger partial charge < -0.3 is 13.9 Å². The van der Waals surface area contributed by atoms with Gasteiger partial charge in [-0.25, -0.2) is 4.98 Å². The van der Waals surface area contributed by atoms with E-state index in [1.165, 1.54) is 23.6 Å². The van der Waals surface area contributed by atoms with Crippen molar-refractivity contribution in [3.8, 4) is 11.3 Å². The molecule has 9 heteroatoms. The van der Waals surface area contributed by atoms with Crippen molar-refractivity contribution in [2.24, 2.45) is 0 Å². The van der Waals surface area contributed by atoms with Gasteiger partial charge in [0.2, 0.25) is 0 Å². The van der Waals surface area contributed by atoms with Crippen LogP contribution in [0.5, 0.6) is 0 Å². The second-order valence-corrected chi connectivity index (χ2v) is 8.12. The van der Waals surface area contributed by atoms with Gasteiger partial charge in [0.15, 0.2) is 11.0 Å². The number of carbonyl (C=O) groups excluding carboxylic acids is 1. The fourth-order valence-electron chi connectivity index (χ4n) is 3.07. The zero-order chi connectivity index (χ0) is 20.2. The number of aromatic nitrogens is 3. The highest BCUT2D eigenvalue weighted by molar-refractivity contribution is 7.99. The van der Waals surface area contributed by atoms with Gasteiger partial charge in [0, 0.05) is 40.8 Å². The van der Waals surface area contributed by atoms with E-state index in [0.717, 1.165) is 23.3 Å². The average molecular weight is 434 g/mol. The molecule has 2 aromatic heterocycles. The molecule has 0 spiro atoms. The Morgan fingerprint density at radius 2 is 2.07 bits per heavy atom. The van der Waals surface area contributed by atoms with Crippen LogP contribution in [0.2, 0.25) is 5.02 Å². The van der Waals surface area contributed by atoms with Crippen LogP contribution in [0.3, 0.4) is 0 Å². The normalized spacial score (nSPS) is 14.8. The number of carbonyl (C=O) groups is 1. The van der Waals surface area contributed by atoms with Crippen LogP contribution in [-0.4, -0.2) is 41.1 Å². The summed E-state index contributed by atoms with van der Waals surface area (Å²) in [6, 6.07) is 7.56. The third-order valence-electron chi connectivity index (χ3n) is 4.63. The van der Waals surface area contributed by atoms with Crippen molar-refractivity contribution in [3.63, 3.8) is 0 Å². The van der Waals surface area contributed by atoms with Gasteiger partial charge >= 0.3 is 5.97 Å². The molecular weight excluding hydrogens is 414 g/mol.